The fourth-order valence-electron chi connectivity index (χ4n) is 21.3. The normalized spacial score (nSPS) is 24.5. The number of aliphatic hydroxyl groups excluding tert-OH is 1. The number of nitrogen functional groups attached to an aromatic ring is 1. The van der Waals surface area contributed by atoms with Gasteiger partial charge in [0.2, 0.25) is 17.8 Å². The number of esters is 1. The molecule has 7 aliphatic rings. The highest BCUT2D eigenvalue weighted by Crippen LogP contribution is 2.68. The molecule has 39 nitrogen and oxygen atoms in total. The molecule has 5 aliphatic heterocycles. The number of aliphatic carboxylic acids is 5. The van der Waals surface area contributed by atoms with Gasteiger partial charge in [-0.1, -0.05) is 116 Å². The van der Waals surface area contributed by atoms with Gasteiger partial charge in [0.1, 0.15) is 48.2 Å². The molecule has 1 spiro atoms. The average molecular weight is 1930 g/mol. The standard InChI is InChI=1S/C60H79N5O16S2.C35H45N9O9/c1-6-56(77)28-36-29-59(54(75)79-5,48-43(13-17-64(30-36)32-56)42-11-8-9-12-46(42)62-48)44-27-45-37(21-34(44)3)26-47-58(45)15-18-65-16-10-14-57(7-2,52(58)65)53(74)60(47,78)81-33-61-63-55(76)80-19-20-82-83-31-39(51(72)73)25-41(67)24-38(50(70)71)23-40(66)22-35(4)49(68)69;1-2-25(45)20-44-15-13-43(14-16-44)12-11-37-29(48)18-26(34(52)53)40-28(47)10-8-23(33(50)51)17-27(46)22-6-3-21(4-7-22)5-9-24-19-38-31-30(39-24)32(49)42-35(36)41-31/h8-12,14,21,27,35-36,38-39,47,52-53,61-62,74,77-78H,6-7,13,15-20,22-26,28-33H2,1-5H3,(H,63,76)(H,68,69)(H,70,71)(H,72,73);3-4,6-7,19,23,26H,2,5,8-18,20H2,1H3,(H,37,48)(H,40,47)(H,50,51)(H,52,53)(H3,36,38,41,42,49)/t35-,36?,38-,39-,47?,52?,53+,56-,57+,58?,59-,60+;23-,26+/m01/s1. The van der Waals surface area contributed by atoms with Gasteiger partial charge in [-0.2, -0.15) is 4.98 Å². The Morgan fingerprint density at radius 1 is 0.743 bits per heavy atom. The van der Waals surface area contributed by atoms with E-state index < -0.39 is 185 Å². The van der Waals surface area contributed by atoms with Gasteiger partial charge in [-0.15, -0.1) is 0 Å². The van der Waals surface area contributed by atoms with Crippen molar-refractivity contribution in [2.24, 2.45) is 40.9 Å². The fraction of sp³-hybridized carbons (Fsp3) is 0.568. The number of nitrogens with two attached hydrogens (primary N) is 1. The van der Waals surface area contributed by atoms with Crippen LogP contribution in [0, 0.1) is 47.8 Å². The molecule has 736 valence electrons. The molecule has 4 fully saturated rings. The molecule has 1 saturated carbocycles. The summed E-state index contributed by atoms with van der Waals surface area (Å²) in [5, 5.41) is 91.9. The molecule has 0 radical (unpaired) electrons. The number of H-pyrrole nitrogens is 2. The van der Waals surface area contributed by atoms with Crippen LogP contribution in [0.3, 0.4) is 0 Å². The lowest BCUT2D eigenvalue weighted by atomic mass is 9.49. The van der Waals surface area contributed by atoms with Crippen LogP contribution in [-0.2, 0) is 103 Å². The smallest absolute Gasteiger partial charge is 0.421 e. The highest BCUT2D eigenvalue weighted by atomic mass is 33.1. The second-order valence-corrected chi connectivity index (χ2v) is 39.6. The summed E-state index contributed by atoms with van der Waals surface area (Å²) in [4.78, 5) is 201. The number of nitrogens with zero attached hydrogens (tertiary/aromatic N) is 7. The molecule has 6 aromatic rings. The van der Waals surface area contributed by atoms with E-state index in [1.165, 1.54) is 31.0 Å². The van der Waals surface area contributed by atoms with Gasteiger partial charge >= 0.3 is 41.9 Å². The summed E-state index contributed by atoms with van der Waals surface area (Å²) in [7, 11) is 3.75. The van der Waals surface area contributed by atoms with Crippen LogP contribution in [-0.4, -0.2) is 302 Å². The predicted molar refractivity (Wildman–Crippen MR) is 499 cm³/mol. The molecule has 15 atom stereocenters. The van der Waals surface area contributed by atoms with Crippen molar-refractivity contribution in [2.75, 3.05) is 116 Å². The van der Waals surface area contributed by atoms with E-state index in [0.717, 1.165) is 87.0 Å². The number of piperidine rings is 1. The molecule has 2 aliphatic carbocycles. The summed E-state index contributed by atoms with van der Waals surface area (Å²) in [6.07, 6.45) is 4.83. The number of amides is 3. The number of benzene rings is 3. The van der Waals surface area contributed by atoms with Gasteiger partial charge < -0.3 is 76.4 Å². The zero-order chi connectivity index (χ0) is 98.3. The van der Waals surface area contributed by atoms with E-state index in [2.05, 4.69) is 84.2 Å². The number of carboxylic acids is 5. The van der Waals surface area contributed by atoms with Gasteiger partial charge in [0.25, 0.3) is 5.56 Å². The SMILES string of the molecule is CCC(=O)CN1CCN(CCNC(=O)C[C@H](NC(=O)CC[C@H](CC(=O)c2ccc(CCc3cnc4nc(N)[nH]c(=O)c4n3)cc2)C(=O)O)C(=O)O)CC1.CC[C@]1(O)CC2CN(CCc3c([nH]c4ccccc34)[C@@](C(=O)OC)(c3cc4c(cc3C)CC3C45CCN4CC=C[C@](CC)(C45)[C@@H](O)[C@]3(O)OCNNC(=O)OCCSSC[C@H](CC(=O)C[C@H](CC(=O)C[C@H](C)C(=O)O)C(=O)O)C(=O)O)C2)C1. The number of rotatable bonds is 45. The van der Waals surface area contributed by atoms with Crippen molar-refractivity contribution < 1.29 is 117 Å². The largest absolute Gasteiger partial charge is 0.481 e. The summed E-state index contributed by atoms with van der Waals surface area (Å²) in [6, 6.07) is 17.3. The molecule has 16 N–H and O–H groups in total. The Balaban J connectivity index is 0.000000270. The van der Waals surface area contributed by atoms with E-state index in [1.807, 2.05) is 58.0 Å². The zero-order valence-electron chi connectivity index (χ0n) is 77.3. The van der Waals surface area contributed by atoms with Crippen LogP contribution in [0.2, 0.25) is 0 Å². The first-order valence-electron chi connectivity index (χ1n) is 46.3. The van der Waals surface area contributed by atoms with Gasteiger partial charge in [0.15, 0.2) is 22.7 Å². The predicted octanol–water partition coefficient (Wildman–Crippen LogP) is 5.07. The van der Waals surface area contributed by atoms with Crippen LogP contribution in [0.5, 0.6) is 0 Å². The quantitative estimate of drug-likeness (QED) is 0.00451. The molecule has 41 heteroatoms. The minimum absolute atomic E-state index is 0.0367. The highest BCUT2D eigenvalue weighted by molar-refractivity contribution is 8.76. The van der Waals surface area contributed by atoms with E-state index in [-0.39, 0.29) is 84.3 Å². The molecule has 3 amide bonds. The van der Waals surface area contributed by atoms with Crippen LogP contribution in [0.15, 0.2) is 83.8 Å². The maximum atomic E-state index is 15.4. The molecule has 3 aromatic heterocycles. The van der Waals surface area contributed by atoms with Crippen molar-refractivity contribution in [3.63, 3.8) is 0 Å². The van der Waals surface area contributed by atoms with E-state index in [9.17, 15) is 98.1 Å². The second-order valence-electron chi connectivity index (χ2n) is 37.0. The topological polar surface area (TPSA) is 586 Å². The Kier molecular flexibility index (Phi) is 34.8. The van der Waals surface area contributed by atoms with Gasteiger partial charge in [-0.3, -0.25) is 87.5 Å². The van der Waals surface area contributed by atoms with E-state index in [4.69, 9.17) is 25.1 Å². The Morgan fingerprint density at radius 2 is 1.45 bits per heavy atom. The number of carbonyl (C=O) groups is 13. The number of aliphatic hydroxyl groups is 3. The lowest BCUT2D eigenvalue weighted by Gasteiger charge is -2.63. The molecule has 8 heterocycles. The molecule has 3 saturated heterocycles. The molecule has 2 bridgehead atoms. The summed E-state index contributed by atoms with van der Waals surface area (Å²) in [5.74, 6) is -17.5. The lowest BCUT2D eigenvalue weighted by molar-refractivity contribution is -0.342. The number of ketones is 4. The first kappa shape index (κ1) is 104. The van der Waals surface area contributed by atoms with Crippen molar-refractivity contribution in [2.45, 2.75) is 191 Å². The first-order chi connectivity index (χ1) is 64.8. The average Bonchev–Trinajstić information content (AvgIpc) is 1.48. The number of hydrogen-bond donors (Lipinski definition) is 15. The van der Waals surface area contributed by atoms with E-state index in [1.54, 1.807) is 24.3 Å². The number of aromatic nitrogens is 5. The number of methoxy groups -OCH3 is 1. The third-order valence-corrected chi connectivity index (χ3v) is 30.6. The summed E-state index contributed by atoms with van der Waals surface area (Å²) in [6.45, 7) is 16.2. The van der Waals surface area contributed by atoms with E-state index >= 15 is 4.79 Å². The van der Waals surface area contributed by atoms with Crippen LogP contribution in [0.25, 0.3) is 22.1 Å². The summed E-state index contributed by atoms with van der Waals surface area (Å²) < 4.78 is 17.8. The number of hydrogen-bond acceptors (Lipinski definition) is 31. The van der Waals surface area contributed by atoms with Crippen LogP contribution < -0.4 is 32.8 Å². The van der Waals surface area contributed by atoms with Crippen molar-refractivity contribution in [1.82, 2.24) is 66.0 Å². The van der Waals surface area contributed by atoms with Crippen molar-refractivity contribution in [3.8, 4) is 0 Å². The zero-order valence-corrected chi connectivity index (χ0v) is 78.9. The van der Waals surface area contributed by atoms with Crippen molar-refractivity contribution >= 4 is 126 Å². The molecule has 13 rings (SSSR count). The molecule has 3 aromatic carbocycles. The number of hydrazine groups is 1. The number of anilines is 1. The number of aryl methyl sites for hydroxylation is 3. The Bertz CT molecular complexity index is 5540. The van der Waals surface area contributed by atoms with Crippen LogP contribution >= 0.6 is 21.6 Å². The monoisotopic (exact) mass is 1920 g/mol. The highest BCUT2D eigenvalue weighted by Gasteiger charge is 2.76. The lowest BCUT2D eigenvalue weighted by Crippen LogP contribution is -2.75. The second kappa shape index (κ2) is 45.5. The van der Waals surface area contributed by atoms with Gasteiger partial charge in [0, 0.05) is 167 Å². The summed E-state index contributed by atoms with van der Waals surface area (Å²) >= 11 is 0. The number of ether oxygens (including phenoxy) is 3. The number of aromatic amines is 2. The van der Waals surface area contributed by atoms with Crippen LogP contribution in [0.1, 0.15) is 173 Å². The first-order valence-corrected chi connectivity index (χ1v) is 48.8. The molecular weight excluding hydrogens is 1800 g/mol. The number of carboxylic acid groups (broad SMARTS) is 5. The fourth-order valence-corrected chi connectivity index (χ4v) is 23.4. The van der Waals surface area contributed by atoms with Gasteiger partial charge in [0.05, 0.1) is 61.2 Å². The third kappa shape index (κ3) is 23.9. The number of carbonyl (C=O) groups excluding carboxylic acids is 8. The molecule has 5 unspecified atom stereocenters. The number of Topliss-reactive ketones (excluding diaryl/α,β-unsaturated/α-hetero) is 4. The Labute approximate surface area is 793 Å². The van der Waals surface area contributed by atoms with Gasteiger partial charge in [-0.25, -0.2) is 25.0 Å². The van der Waals surface area contributed by atoms with Gasteiger partial charge in [-0.05, 0) is 123 Å². The number of piperazine rings is 1. The van der Waals surface area contributed by atoms with Crippen molar-refractivity contribution in [1.29, 1.82) is 0 Å². The van der Waals surface area contributed by atoms with E-state index in [0.29, 0.717) is 116 Å². The van der Waals surface area contributed by atoms with Crippen LogP contribution in [0.4, 0.5) is 10.7 Å². The number of fused-ring (bicyclic) bond motifs is 7. The number of para-hydroxylation sites is 1. The number of nitrogens with one attached hydrogen (secondary N) is 6. The minimum atomic E-state index is -2.17. The minimum Gasteiger partial charge on any atom is -0.481 e. The maximum Gasteiger partial charge on any atom is 0.421 e. The Morgan fingerprint density at radius 3 is 2.13 bits per heavy atom. The third-order valence-electron chi connectivity index (χ3n) is 28.2. The molecule has 136 heavy (non-hydrogen) atoms. The molecular formula is C95H124N14O25S2. The summed E-state index contributed by atoms with van der Waals surface area (Å²) in [5.41, 5.74) is 14.4. The Hall–Kier alpha value is -11.0. The maximum absolute atomic E-state index is 15.4. The van der Waals surface area contributed by atoms with Crippen molar-refractivity contribution in [3.05, 3.63) is 140 Å².